The van der Waals surface area contributed by atoms with Gasteiger partial charge in [-0.2, -0.15) is 0 Å². The molecule has 17 heavy (non-hydrogen) atoms. The number of nitrogens with two attached hydrogens (primary N) is 1. The number of pyridine rings is 1. The number of hydrogen-bond donors (Lipinski definition) is 2. The van der Waals surface area contributed by atoms with Crippen LogP contribution < -0.4 is 11.1 Å². The summed E-state index contributed by atoms with van der Waals surface area (Å²) in [5.74, 6) is 1.57. The molecule has 0 saturated heterocycles. The molecule has 0 aliphatic heterocycles. The fourth-order valence-electron chi connectivity index (χ4n) is 1.89. The van der Waals surface area contributed by atoms with Gasteiger partial charge in [0, 0.05) is 25.6 Å². The summed E-state index contributed by atoms with van der Waals surface area (Å²) in [6.45, 7) is 0. The zero-order valence-corrected chi connectivity index (χ0v) is 10.1. The van der Waals surface area contributed by atoms with Crippen molar-refractivity contribution in [3.8, 4) is 0 Å². The Morgan fingerprint density at radius 3 is 2.82 bits per heavy atom. The Kier molecular flexibility index (Phi) is 3.39. The summed E-state index contributed by atoms with van der Waals surface area (Å²) in [6, 6.07) is 4.05. The first kappa shape index (κ1) is 11.6. The summed E-state index contributed by atoms with van der Waals surface area (Å²) in [5.41, 5.74) is 6.82. The van der Waals surface area contributed by atoms with Crippen molar-refractivity contribution in [1.29, 1.82) is 0 Å². The number of rotatable bonds is 4. The first-order valence-corrected chi connectivity index (χ1v) is 5.55. The van der Waals surface area contributed by atoms with Crippen molar-refractivity contribution < 1.29 is 0 Å². The second-order valence-corrected chi connectivity index (χ2v) is 4.03. The number of imidazole rings is 1. The Bertz CT molecular complexity index is 491. The van der Waals surface area contributed by atoms with Crippen LogP contribution in [0.3, 0.4) is 0 Å². The number of nitrogen functional groups attached to an aromatic ring is 1. The highest BCUT2D eigenvalue weighted by molar-refractivity contribution is 5.32. The smallest absolute Gasteiger partial charge is 0.125 e. The fraction of sp³-hybridized carbons (Fsp3) is 0.333. The van der Waals surface area contributed by atoms with E-state index >= 15 is 0 Å². The highest BCUT2D eigenvalue weighted by Crippen LogP contribution is 2.16. The average Bonchev–Trinajstić information content (AvgIpc) is 2.72. The first-order valence-electron chi connectivity index (χ1n) is 5.55. The highest BCUT2D eigenvalue weighted by atomic mass is 15.1. The molecule has 0 aliphatic carbocycles. The van der Waals surface area contributed by atoms with E-state index in [2.05, 4.69) is 15.3 Å². The minimum atomic E-state index is 0.178. The van der Waals surface area contributed by atoms with Crippen LogP contribution in [0.15, 0.2) is 30.7 Å². The molecule has 2 rings (SSSR count). The number of hydrogen-bond acceptors (Lipinski definition) is 4. The van der Waals surface area contributed by atoms with Crippen LogP contribution in [0.5, 0.6) is 0 Å². The molecule has 0 bridgehead atoms. The van der Waals surface area contributed by atoms with E-state index in [-0.39, 0.29) is 6.04 Å². The van der Waals surface area contributed by atoms with Crippen molar-refractivity contribution in [1.82, 2.24) is 19.9 Å². The highest BCUT2D eigenvalue weighted by Gasteiger charge is 2.14. The van der Waals surface area contributed by atoms with Gasteiger partial charge in [0.2, 0.25) is 0 Å². The molecule has 2 aromatic heterocycles. The van der Waals surface area contributed by atoms with E-state index in [1.165, 1.54) is 0 Å². The lowest BCUT2D eigenvalue weighted by Gasteiger charge is -2.16. The summed E-state index contributed by atoms with van der Waals surface area (Å²) in [6.07, 6.45) is 6.32. The largest absolute Gasteiger partial charge is 0.384 e. The molecule has 1 atom stereocenters. The molecule has 0 radical (unpaired) electrons. The topological polar surface area (TPSA) is 68.8 Å². The standard InChI is InChI=1S/C12H17N5/c1-14-10(12-16-5-6-17(12)2)7-9-3-4-15-11(13)8-9/h3-6,8,10,14H,7H2,1-2H3,(H2,13,15). The molecule has 2 aromatic rings. The molecular formula is C12H17N5. The minimum absolute atomic E-state index is 0.178. The van der Waals surface area contributed by atoms with Crippen molar-refractivity contribution in [2.24, 2.45) is 7.05 Å². The molecule has 0 saturated carbocycles. The molecule has 2 heterocycles. The van der Waals surface area contributed by atoms with Gasteiger partial charge in [0.05, 0.1) is 6.04 Å². The third kappa shape index (κ3) is 2.62. The molecule has 3 N–H and O–H groups in total. The molecule has 90 valence electrons. The summed E-state index contributed by atoms with van der Waals surface area (Å²) < 4.78 is 2.02. The number of aromatic nitrogens is 3. The Hall–Kier alpha value is -1.88. The quantitative estimate of drug-likeness (QED) is 0.820. The van der Waals surface area contributed by atoms with Gasteiger partial charge in [-0.25, -0.2) is 9.97 Å². The van der Waals surface area contributed by atoms with Gasteiger partial charge in [0.25, 0.3) is 0 Å². The van der Waals surface area contributed by atoms with E-state index in [1.807, 2.05) is 37.0 Å². The van der Waals surface area contributed by atoms with Crippen molar-refractivity contribution in [2.75, 3.05) is 12.8 Å². The second kappa shape index (κ2) is 4.97. The van der Waals surface area contributed by atoms with Crippen molar-refractivity contribution in [3.05, 3.63) is 42.1 Å². The van der Waals surface area contributed by atoms with Crippen LogP contribution in [-0.4, -0.2) is 21.6 Å². The van der Waals surface area contributed by atoms with Gasteiger partial charge in [-0.1, -0.05) is 0 Å². The average molecular weight is 231 g/mol. The van der Waals surface area contributed by atoms with Gasteiger partial charge in [-0.05, 0) is 31.2 Å². The van der Waals surface area contributed by atoms with Gasteiger partial charge in [-0.3, -0.25) is 0 Å². The third-order valence-electron chi connectivity index (χ3n) is 2.80. The van der Waals surface area contributed by atoms with E-state index in [0.29, 0.717) is 5.82 Å². The van der Waals surface area contributed by atoms with Crippen LogP contribution in [0.2, 0.25) is 0 Å². The normalized spacial score (nSPS) is 12.6. The summed E-state index contributed by atoms with van der Waals surface area (Å²) >= 11 is 0. The molecule has 5 nitrogen and oxygen atoms in total. The molecule has 1 unspecified atom stereocenters. The Morgan fingerprint density at radius 2 is 2.24 bits per heavy atom. The maximum Gasteiger partial charge on any atom is 0.125 e. The molecule has 0 fully saturated rings. The third-order valence-corrected chi connectivity index (χ3v) is 2.80. The second-order valence-electron chi connectivity index (χ2n) is 4.03. The van der Waals surface area contributed by atoms with E-state index in [1.54, 1.807) is 12.4 Å². The lowest BCUT2D eigenvalue weighted by atomic mass is 10.1. The lowest BCUT2D eigenvalue weighted by Crippen LogP contribution is -2.22. The van der Waals surface area contributed by atoms with Gasteiger partial charge < -0.3 is 15.6 Å². The monoisotopic (exact) mass is 231 g/mol. The molecular weight excluding hydrogens is 214 g/mol. The van der Waals surface area contributed by atoms with E-state index in [4.69, 9.17) is 5.73 Å². The van der Waals surface area contributed by atoms with Crippen LogP contribution in [0, 0.1) is 0 Å². The fourth-order valence-corrected chi connectivity index (χ4v) is 1.89. The predicted molar refractivity (Wildman–Crippen MR) is 67.4 cm³/mol. The maximum atomic E-state index is 5.67. The summed E-state index contributed by atoms with van der Waals surface area (Å²) in [7, 11) is 3.93. The molecule has 0 aromatic carbocycles. The Balaban J connectivity index is 2.19. The van der Waals surface area contributed by atoms with Crippen LogP contribution in [0.4, 0.5) is 5.82 Å². The number of nitrogens with one attached hydrogen (secondary N) is 1. The number of likely N-dealkylation sites (N-methyl/N-ethyl adjacent to an activating group) is 1. The molecule has 0 aliphatic rings. The van der Waals surface area contributed by atoms with Crippen LogP contribution in [-0.2, 0) is 13.5 Å². The first-order chi connectivity index (χ1) is 8.20. The van der Waals surface area contributed by atoms with Gasteiger partial charge in [0.15, 0.2) is 0 Å². The predicted octanol–water partition coefficient (Wildman–Crippen LogP) is 0.900. The van der Waals surface area contributed by atoms with Crippen LogP contribution >= 0.6 is 0 Å². The van der Waals surface area contributed by atoms with Crippen LogP contribution in [0.1, 0.15) is 17.4 Å². The lowest BCUT2D eigenvalue weighted by molar-refractivity contribution is 0.538. The summed E-state index contributed by atoms with van der Waals surface area (Å²) in [4.78, 5) is 8.35. The van der Waals surface area contributed by atoms with Crippen molar-refractivity contribution in [2.45, 2.75) is 12.5 Å². The number of anilines is 1. The van der Waals surface area contributed by atoms with Crippen LogP contribution in [0.25, 0.3) is 0 Å². The van der Waals surface area contributed by atoms with Gasteiger partial charge >= 0.3 is 0 Å². The van der Waals surface area contributed by atoms with Crippen molar-refractivity contribution >= 4 is 5.82 Å². The number of nitrogens with zero attached hydrogens (tertiary/aromatic N) is 3. The van der Waals surface area contributed by atoms with E-state index in [0.717, 1.165) is 17.8 Å². The van der Waals surface area contributed by atoms with E-state index < -0.39 is 0 Å². The SMILES string of the molecule is CNC(Cc1ccnc(N)c1)c1nccn1C. The van der Waals surface area contributed by atoms with Gasteiger partial charge in [0.1, 0.15) is 11.6 Å². The van der Waals surface area contributed by atoms with Gasteiger partial charge in [-0.15, -0.1) is 0 Å². The zero-order chi connectivity index (χ0) is 12.3. The minimum Gasteiger partial charge on any atom is -0.384 e. The number of aryl methyl sites for hydroxylation is 1. The molecule has 5 heteroatoms. The molecule has 0 amide bonds. The van der Waals surface area contributed by atoms with E-state index in [9.17, 15) is 0 Å². The Morgan fingerprint density at radius 1 is 1.41 bits per heavy atom. The summed E-state index contributed by atoms with van der Waals surface area (Å²) in [5, 5.41) is 3.27. The maximum absolute atomic E-state index is 5.67. The molecule has 0 spiro atoms. The Labute approximate surface area is 101 Å². The zero-order valence-electron chi connectivity index (χ0n) is 10.1. The van der Waals surface area contributed by atoms with Crippen molar-refractivity contribution in [3.63, 3.8) is 0 Å².